The number of hydrogen-bond donors (Lipinski definition) is 3. The molecule has 0 saturated heterocycles. The molecule has 0 aromatic carbocycles. The van der Waals surface area contributed by atoms with Crippen LogP contribution >= 0.6 is 0 Å². The van der Waals surface area contributed by atoms with E-state index in [1.54, 1.807) is 6.08 Å². The normalized spacial score (nSPS) is 12.9. The summed E-state index contributed by atoms with van der Waals surface area (Å²) in [4.78, 5) is 24.5. The van der Waals surface area contributed by atoms with Gasteiger partial charge in [-0.1, -0.05) is 249 Å². The van der Waals surface area contributed by atoms with Crippen LogP contribution in [0.5, 0.6) is 0 Å². The number of nitrogens with one attached hydrogen (secondary N) is 1. The Hall–Kier alpha value is -1.92. The van der Waals surface area contributed by atoms with Gasteiger partial charge in [0.15, 0.2) is 0 Å². The quantitative estimate of drug-likeness (QED) is 0.0321. The molecule has 0 bridgehead atoms. The number of aliphatic hydroxyl groups excluding tert-OH is 2. The Labute approximate surface area is 392 Å². The number of carbonyl (C=O) groups is 2. The number of aliphatic hydroxyl groups is 2. The van der Waals surface area contributed by atoms with Gasteiger partial charge in [0.25, 0.3) is 0 Å². The third kappa shape index (κ3) is 49.4. The first-order valence-electron chi connectivity index (χ1n) is 27.8. The molecule has 0 fully saturated rings. The van der Waals surface area contributed by atoms with E-state index >= 15 is 0 Å². The molecule has 2 atom stereocenters. The second-order valence-electron chi connectivity index (χ2n) is 18.9. The average molecular weight is 886 g/mol. The summed E-state index contributed by atoms with van der Waals surface area (Å²) in [7, 11) is 0. The molecule has 0 aliphatic carbocycles. The molecule has 0 spiro atoms. The van der Waals surface area contributed by atoms with Crippen molar-refractivity contribution in [2.75, 3.05) is 13.2 Å². The fourth-order valence-electron chi connectivity index (χ4n) is 8.37. The third-order valence-corrected chi connectivity index (χ3v) is 12.7. The second-order valence-corrected chi connectivity index (χ2v) is 18.9. The molecular weight excluding hydrogens is 779 g/mol. The van der Waals surface area contributed by atoms with Crippen LogP contribution < -0.4 is 5.32 Å². The zero-order valence-corrected chi connectivity index (χ0v) is 42.1. The molecule has 63 heavy (non-hydrogen) atoms. The lowest BCUT2D eigenvalue weighted by Gasteiger charge is -2.20. The number of amides is 1. The molecule has 0 aliphatic rings. The standard InChI is InChI=1S/C57H107NO5/c1-3-5-7-9-11-13-15-17-19-21-22-23-25-27-31-35-39-43-47-51-57(62)63-52-48-44-40-36-32-28-30-34-38-42-46-50-56(61)58-54(53-59)55(60)49-45-41-37-33-29-26-24-20-18-16-14-12-10-8-6-4-2/h11,13,17,19,45,49,54-55,59-60H,3-10,12,14-16,18,20-44,46-48,50-53H2,1-2H3,(H,58,61)/b13-11-,19-17-,49-45+. The van der Waals surface area contributed by atoms with E-state index in [4.69, 9.17) is 4.74 Å². The molecule has 0 radical (unpaired) electrons. The van der Waals surface area contributed by atoms with Gasteiger partial charge in [-0.2, -0.15) is 0 Å². The Kier molecular flexibility index (Phi) is 51.1. The number of allylic oxidation sites excluding steroid dienone is 5. The number of hydrogen-bond acceptors (Lipinski definition) is 5. The Balaban J connectivity index is 3.49. The number of carbonyl (C=O) groups excluding carboxylic acids is 2. The highest BCUT2D eigenvalue weighted by molar-refractivity contribution is 5.76. The Bertz CT molecular complexity index is 1020. The van der Waals surface area contributed by atoms with Gasteiger partial charge in [-0.25, -0.2) is 0 Å². The highest BCUT2D eigenvalue weighted by Crippen LogP contribution is 2.16. The van der Waals surface area contributed by atoms with Crippen molar-refractivity contribution in [3.63, 3.8) is 0 Å². The molecule has 0 rings (SSSR count). The van der Waals surface area contributed by atoms with Crippen LogP contribution in [0.1, 0.15) is 290 Å². The van der Waals surface area contributed by atoms with Crippen LogP contribution in [0.2, 0.25) is 0 Å². The van der Waals surface area contributed by atoms with Crippen molar-refractivity contribution in [2.24, 2.45) is 0 Å². The minimum atomic E-state index is -0.857. The zero-order valence-electron chi connectivity index (χ0n) is 42.1. The van der Waals surface area contributed by atoms with E-state index in [9.17, 15) is 19.8 Å². The fourth-order valence-corrected chi connectivity index (χ4v) is 8.37. The van der Waals surface area contributed by atoms with Gasteiger partial charge < -0.3 is 20.3 Å². The van der Waals surface area contributed by atoms with Crippen LogP contribution in [-0.2, 0) is 14.3 Å². The zero-order chi connectivity index (χ0) is 45.8. The van der Waals surface area contributed by atoms with E-state index in [1.165, 1.54) is 199 Å². The fraction of sp³-hybridized carbons (Fsp3) is 0.860. The smallest absolute Gasteiger partial charge is 0.305 e. The molecule has 0 saturated carbocycles. The average Bonchev–Trinajstić information content (AvgIpc) is 3.28. The van der Waals surface area contributed by atoms with Crippen LogP contribution in [-0.4, -0.2) is 47.4 Å². The van der Waals surface area contributed by atoms with Crippen molar-refractivity contribution in [2.45, 2.75) is 302 Å². The summed E-state index contributed by atoms with van der Waals surface area (Å²) in [6.45, 7) is 4.84. The predicted molar refractivity (Wildman–Crippen MR) is 273 cm³/mol. The summed E-state index contributed by atoms with van der Waals surface area (Å²) < 4.78 is 5.47. The van der Waals surface area contributed by atoms with Crippen molar-refractivity contribution >= 4 is 11.9 Å². The number of unbranched alkanes of at least 4 members (excludes halogenated alkanes) is 36. The van der Waals surface area contributed by atoms with Crippen LogP contribution in [0.4, 0.5) is 0 Å². The number of rotatable bonds is 51. The maximum Gasteiger partial charge on any atom is 0.305 e. The Morgan fingerprint density at radius 2 is 0.794 bits per heavy atom. The van der Waals surface area contributed by atoms with E-state index in [2.05, 4.69) is 43.5 Å². The van der Waals surface area contributed by atoms with Gasteiger partial charge in [-0.15, -0.1) is 0 Å². The molecule has 1 amide bonds. The van der Waals surface area contributed by atoms with Crippen LogP contribution in [0.3, 0.4) is 0 Å². The molecule has 6 heteroatoms. The van der Waals surface area contributed by atoms with E-state index in [0.717, 1.165) is 64.2 Å². The van der Waals surface area contributed by atoms with Crippen molar-refractivity contribution in [3.05, 3.63) is 36.5 Å². The number of esters is 1. The van der Waals surface area contributed by atoms with Gasteiger partial charge >= 0.3 is 5.97 Å². The van der Waals surface area contributed by atoms with Crippen molar-refractivity contribution in [1.82, 2.24) is 5.32 Å². The van der Waals surface area contributed by atoms with Crippen LogP contribution in [0, 0.1) is 0 Å². The molecule has 0 aromatic heterocycles. The van der Waals surface area contributed by atoms with Gasteiger partial charge in [0.05, 0.1) is 25.4 Å². The predicted octanol–water partition coefficient (Wildman–Crippen LogP) is 16.9. The van der Waals surface area contributed by atoms with Crippen molar-refractivity contribution in [3.8, 4) is 0 Å². The Morgan fingerprint density at radius 3 is 1.24 bits per heavy atom. The summed E-state index contributed by atoms with van der Waals surface area (Å²) in [5, 5.41) is 23.1. The lowest BCUT2D eigenvalue weighted by atomic mass is 10.0. The van der Waals surface area contributed by atoms with E-state index in [-0.39, 0.29) is 18.5 Å². The monoisotopic (exact) mass is 886 g/mol. The van der Waals surface area contributed by atoms with E-state index < -0.39 is 12.1 Å². The summed E-state index contributed by atoms with van der Waals surface area (Å²) in [5.74, 6) is -0.106. The molecule has 0 aromatic rings. The van der Waals surface area contributed by atoms with Gasteiger partial charge in [-0.3, -0.25) is 9.59 Å². The first kappa shape index (κ1) is 61.1. The van der Waals surface area contributed by atoms with Crippen LogP contribution in [0.15, 0.2) is 36.5 Å². The summed E-state index contributed by atoms with van der Waals surface area (Å²) in [6, 6.07) is -0.643. The molecule has 6 nitrogen and oxygen atoms in total. The first-order valence-corrected chi connectivity index (χ1v) is 27.8. The molecule has 2 unspecified atom stereocenters. The summed E-state index contributed by atoms with van der Waals surface area (Å²) in [5.41, 5.74) is 0. The van der Waals surface area contributed by atoms with E-state index in [1.807, 2.05) is 6.08 Å². The molecule has 0 aliphatic heterocycles. The topological polar surface area (TPSA) is 95.9 Å². The highest BCUT2D eigenvalue weighted by Gasteiger charge is 2.18. The Morgan fingerprint density at radius 1 is 0.444 bits per heavy atom. The molecular formula is C57H107NO5. The highest BCUT2D eigenvalue weighted by atomic mass is 16.5. The van der Waals surface area contributed by atoms with Gasteiger partial charge in [0, 0.05) is 12.8 Å². The van der Waals surface area contributed by atoms with Crippen molar-refractivity contribution in [1.29, 1.82) is 0 Å². The van der Waals surface area contributed by atoms with Gasteiger partial charge in [0.2, 0.25) is 5.91 Å². The first-order chi connectivity index (χ1) is 31.0. The molecule has 370 valence electrons. The van der Waals surface area contributed by atoms with Crippen molar-refractivity contribution < 1.29 is 24.5 Å². The van der Waals surface area contributed by atoms with Gasteiger partial charge in [-0.05, 0) is 64.2 Å². The largest absolute Gasteiger partial charge is 0.466 e. The van der Waals surface area contributed by atoms with Gasteiger partial charge in [0.1, 0.15) is 0 Å². The van der Waals surface area contributed by atoms with Crippen LogP contribution in [0.25, 0.3) is 0 Å². The lowest BCUT2D eigenvalue weighted by molar-refractivity contribution is -0.143. The minimum absolute atomic E-state index is 0.0193. The molecule has 0 heterocycles. The molecule has 3 N–H and O–H groups in total. The minimum Gasteiger partial charge on any atom is -0.466 e. The third-order valence-electron chi connectivity index (χ3n) is 12.7. The SMILES string of the molecule is CCCCC/C=C\C/C=C\CCCCCCCCCCCC(=O)OCCCCCCCCCCCCCC(=O)NC(CO)C(O)/C=C/CCCCCCCCCCCCCCCC. The maximum atomic E-state index is 12.4. The lowest BCUT2D eigenvalue weighted by Crippen LogP contribution is -2.45. The van der Waals surface area contributed by atoms with E-state index in [0.29, 0.717) is 19.4 Å². The number of ether oxygens (including phenoxy) is 1. The summed E-state index contributed by atoms with van der Waals surface area (Å²) >= 11 is 0. The maximum absolute atomic E-state index is 12.4. The summed E-state index contributed by atoms with van der Waals surface area (Å²) in [6.07, 6.45) is 64.3. The second kappa shape index (κ2) is 52.7.